The first-order valence-electron chi connectivity index (χ1n) is 11.1. The van der Waals surface area contributed by atoms with E-state index in [9.17, 15) is 4.79 Å². The van der Waals surface area contributed by atoms with Crippen molar-refractivity contribution in [3.05, 3.63) is 66.2 Å². The van der Waals surface area contributed by atoms with E-state index in [1.54, 1.807) is 12.4 Å². The number of nitrogens with zero attached hydrogens (tertiary/aromatic N) is 4. The van der Waals surface area contributed by atoms with E-state index in [1.165, 1.54) is 0 Å². The Labute approximate surface area is 188 Å². The summed E-state index contributed by atoms with van der Waals surface area (Å²) in [5.74, 6) is 1.52. The number of benzene rings is 1. The second-order valence-electron chi connectivity index (χ2n) is 8.01. The predicted octanol–water partition coefficient (Wildman–Crippen LogP) is 4.10. The molecule has 0 radical (unpaired) electrons. The molecule has 4 rings (SSSR count). The van der Waals surface area contributed by atoms with Gasteiger partial charge in [0, 0.05) is 41.7 Å². The lowest BCUT2D eigenvalue weighted by molar-refractivity contribution is -0.121. The first-order chi connectivity index (χ1) is 15.6. The van der Waals surface area contributed by atoms with Crippen LogP contribution >= 0.6 is 0 Å². The molecule has 1 aliphatic rings. The number of ether oxygens (including phenoxy) is 1. The molecule has 0 bridgehead atoms. The maximum atomic E-state index is 12.9. The SMILES string of the molecule is CCOc1ncccc1CN1CCC(C(=O)Nc2cccc(-c3ccnc(C)n3)c2)CC1. The van der Waals surface area contributed by atoms with E-state index in [0.717, 1.165) is 60.8 Å². The van der Waals surface area contributed by atoms with Crippen LogP contribution in [-0.4, -0.2) is 45.5 Å². The number of anilines is 1. The molecule has 3 aromatic rings. The van der Waals surface area contributed by atoms with E-state index in [2.05, 4.69) is 31.2 Å². The van der Waals surface area contributed by atoms with Crippen molar-refractivity contribution >= 4 is 11.6 Å². The lowest BCUT2D eigenvalue weighted by Gasteiger charge is -2.31. The Morgan fingerprint density at radius 1 is 1.12 bits per heavy atom. The highest BCUT2D eigenvalue weighted by atomic mass is 16.5. The molecule has 1 N–H and O–H groups in total. The van der Waals surface area contributed by atoms with Crippen LogP contribution in [0.2, 0.25) is 0 Å². The number of pyridine rings is 1. The zero-order valence-electron chi connectivity index (χ0n) is 18.6. The minimum atomic E-state index is 0.0106. The highest BCUT2D eigenvalue weighted by molar-refractivity contribution is 5.93. The second kappa shape index (κ2) is 10.3. The van der Waals surface area contributed by atoms with Gasteiger partial charge in [0.15, 0.2) is 0 Å². The van der Waals surface area contributed by atoms with Gasteiger partial charge in [-0.25, -0.2) is 15.0 Å². The van der Waals surface area contributed by atoms with Crippen LogP contribution in [0.3, 0.4) is 0 Å². The molecular weight excluding hydrogens is 402 g/mol. The van der Waals surface area contributed by atoms with Crippen molar-refractivity contribution in [2.24, 2.45) is 5.92 Å². The van der Waals surface area contributed by atoms with Crippen molar-refractivity contribution in [1.29, 1.82) is 0 Å². The van der Waals surface area contributed by atoms with Gasteiger partial charge in [-0.1, -0.05) is 18.2 Å². The molecule has 166 valence electrons. The average molecular weight is 432 g/mol. The standard InChI is InChI=1S/C25H29N5O2/c1-3-32-25-21(7-5-12-27-25)17-30-14-10-19(11-15-30)24(31)29-22-8-4-6-20(16-22)23-9-13-26-18(2)28-23/h4-9,12-13,16,19H,3,10-11,14-15,17H2,1-2H3,(H,29,31). The fourth-order valence-electron chi connectivity index (χ4n) is 4.02. The number of hydrogen-bond donors (Lipinski definition) is 1. The topological polar surface area (TPSA) is 80.2 Å². The number of carbonyl (C=O) groups is 1. The van der Waals surface area contributed by atoms with Crippen LogP contribution in [0, 0.1) is 12.8 Å². The molecule has 1 aliphatic heterocycles. The zero-order chi connectivity index (χ0) is 22.3. The van der Waals surface area contributed by atoms with Gasteiger partial charge in [-0.15, -0.1) is 0 Å². The summed E-state index contributed by atoms with van der Waals surface area (Å²) in [6, 6.07) is 13.7. The number of aryl methyl sites for hydroxylation is 1. The Hall–Kier alpha value is -3.32. The van der Waals surface area contributed by atoms with E-state index in [0.29, 0.717) is 12.5 Å². The largest absolute Gasteiger partial charge is 0.478 e. The number of hydrogen-bond acceptors (Lipinski definition) is 6. The second-order valence-corrected chi connectivity index (χ2v) is 8.01. The summed E-state index contributed by atoms with van der Waals surface area (Å²) >= 11 is 0. The monoisotopic (exact) mass is 431 g/mol. The third kappa shape index (κ3) is 5.48. The van der Waals surface area contributed by atoms with Crippen molar-refractivity contribution in [3.8, 4) is 17.1 Å². The Bertz CT molecular complexity index is 1060. The smallest absolute Gasteiger partial charge is 0.227 e. The van der Waals surface area contributed by atoms with Crippen LogP contribution in [0.1, 0.15) is 31.2 Å². The predicted molar refractivity (Wildman–Crippen MR) is 124 cm³/mol. The Balaban J connectivity index is 1.33. The van der Waals surface area contributed by atoms with Gasteiger partial charge < -0.3 is 10.1 Å². The summed E-state index contributed by atoms with van der Waals surface area (Å²) in [7, 11) is 0. The number of piperidine rings is 1. The molecule has 1 amide bonds. The summed E-state index contributed by atoms with van der Waals surface area (Å²) in [6.07, 6.45) is 5.17. The molecule has 32 heavy (non-hydrogen) atoms. The quantitative estimate of drug-likeness (QED) is 0.607. The molecule has 7 heteroatoms. The molecule has 7 nitrogen and oxygen atoms in total. The molecule has 0 unspecified atom stereocenters. The Morgan fingerprint density at radius 2 is 1.97 bits per heavy atom. The molecule has 0 saturated carbocycles. The van der Waals surface area contributed by atoms with Crippen LogP contribution in [0.5, 0.6) is 5.88 Å². The fourth-order valence-corrected chi connectivity index (χ4v) is 4.02. The van der Waals surface area contributed by atoms with Gasteiger partial charge in [0.1, 0.15) is 5.82 Å². The number of rotatable bonds is 7. The zero-order valence-corrected chi connectivity index (χ0v) is 18.6. The van der Waals surface area contributed by atoms with E-state index in [1.807, 2.05) is 50.2 Å². The third-order valence-corrected chi connectivity index (χ3v) is 5.69. The van der Waals surface area contributed by atoms with Gasteiger partial charge in [0.2, 0.25) is 11.8 Å². The number of likely N-dealkylation sites (tertiary alicyclic amines) is 1. The van der Waals surface area contributed by atoms with Crippen molar-refractivity contribution < 1.29 is 9.53 Å². The summed E-state index contributed by atoms with van der Waals surface area (Å²) in [5, 5.41) is 3.10. The molecule has 0 aliphatic carbocycles. The molecule has 0 atom stereocenters. The summed E-state index contributed by atoms with van der Waals surface area (Å²) < 4.78 is 5.64. The van der Waals surface area contributed by atoms with E-state index in [4.69, 9.17) is 4.74 Å². The minimum absolute atomic E-state index is 0.0106. The highest BCUT2D eigenvalue weighted by Gasteiger charge is 2.25. The van der Waals surface area contributed by atoms with Gasteiger partial charge in [-0.3, -0.25) is 9.69 Å². The van der Waals surface area contributed by atoms with Gasteiger partial charge in [-0.2, -0.15) is 0 Å². The van der Waals surface area contributed by atoms with Crippen molar-refractivity contribution in [3.63, 3.8) is 0 Å². The number of carbonyl (C=O) groups excluding carboxylic acids is 1. The van der Waals surface area contributed by atoms with Crippen LogP contribution in [0.4, 0.5) is 5.69 Å². The van der Waals surface area contributed by atoms with E-state index >= 15 is 0 Å². The average Bonchev–Trinajstić information content (AvgIpc) is 2.81. The summed E-state index contributed by atoms with van der Waals surface area (Å²) in [6.45, 7) is 6.97. The van der Waals surface area contributed by atoms with Gasteiger partial charge in [-0.05, 0) is 64.0 Å². The van der Waals surface area contributed by atoms with Crippen LogP contribution in [0.15, 0.2) is 54.9 Å². The van der Waals surface area contributed by atoms with Crippen LogP contribution in [-0.2, 0) is 11.3 Å². The maximum Gasteiger partial charge on any atom is 0.227 e. The summed E-state index contributed by atoms with van der Waals surface area (Å²) in [5.41, 5.74) is 3.70. The van der Waals surface area contributed by atoms with Gasteiger partial charge >= 0.3 is 0 Å². The summed E-state index contributed by atoms with van der Waals surface area (Å²) in [4.78, 5) is 28.2. The Kier molecular flexibility index (Phi) is 7.07. The minimum Gasteiger partial charge on any atom is -0.478 e. The number of nitrogens with one attached hydrogen (secondary N) is 1. The molecule has 1 saturated heterocycles. The van der Waals surface area contributed by atoms with Crippen LogP contribution < -0.4 is 10.1 Å². The van der Waals surface area contributed by atoms with Crippen LogP contribution in [0.25, 0.3) is 11.3 Å². The third-order valence-electron chi connectivity index (χ3n) is 5.69. The van der Waals surface area contributed by atoms with Gasteiger partial charge in [0.05, 0.1) is 12.3 Å². The molecule has 0 spiro atoms. The lowest BCUT2D eigenvalue weighted by atomic mass is 9.95. The van der Waals surface area contributed by atoms with Crippen molar-refractivity contribution in [2.45, 2.75) is 33.2 Å². The first kappa shape index (κ1) is 21.9. The normalized spacial score (nSPS) is 14.8. The lowest BCUT2D eigenvalue weighted by Crippen LogP contribution is -2.37. The molecule has 2 aromatic heterocycles. The molecule has 3 heterocycles. The van der Waals surface area contributed by atoms with Crippen molar-refractivity contribution in [2.75, 3.05) is 25.0 Å². The number of amides is 1. The maximum absolute atomic E-state index is 12.9. The molecule has 1 fully saturated rings. The van der Waals surface area contributed by atoms with Gasteiger partial charge in [0.25, 0.3) is 0 Å². The fraction of sp³-hybridized carbons (Fsp3) is 0.360. The van der Waals surface area contributed by atoms with E-state index in [-0.39, 0.29) is 11.8 Å². The first-order valence-corrected chi connectivity index (χ1v) is 11.1. The molecular formula is C25H29N5O2. The van der Waals surface area contributed by atoms with E-state index < -0.39 is 0 Å². The Morgan fingerprint density at radius 3 is 2.75 bits per heavy atom. The highest BCUT2D eigenvalue weighted by Crippen LogP contribution is 2.25. The van der Waals surface area contributed by atoms with Crippen molar-refractivity contribution in [1.82, 2.24) is 19.9 Å². The number of aromatic nitrogens is 3. The molecule has 1 aromatic carbocycles.